The predicted octanol–water partition coefficient (Wildman–Crippen LogP) is 1.80. The normalized spacial score (nSPS) is 16.3. The highest BCUT2D eigenvalue weighted by Crippen LogP contribution is 2.31. The van der Waals surface area contributed by atoms with Crippen molar-refractivity contribution in [2.45, 2.75) is 0 Å². The summed E-state index contributed by atoms with van der Waals surface area (Å²) in [4.78, 5) is 4.03. The number of para-hydroxylation sites is 1. The maximum absolute atomic E-state index is 8.93. The lowest BCUT2D eigenvalue weighted by atomic mass is 9.81. The highest BCUT2D eigenvalue weighted by Gasteiger charge is 2.38. The van der Waals surface area contributed by atoms with Gasteiger partial charge in [-0.2, -0.15) is 10.5 Å². The Bertz CT molecular complexity index is 528. The molecule has 4 nitrogen and oxygen atoms in total. The molecule has 0 fully saturated rings. The molecule has 0 saturated heterocycles. The number of fused-ring (bicyclic) bond motifs is 1. The summed E-state index contributed by atoms with van der Waals surface area (Å²) in [7, 11) is 0. The topological polar surface area (TPSA) is 83.8 Å². The van der Waals surface area contributed by atoms with Crippen LogP contribution in [0.25, 0.3) is 0 Å². The van der Waals surface area contributed by atoms with Crippen molar-refractivity contribution in [2.75, 3.05) is 0 Å². The minimum absolute atomic E-state index is 0.00176. The zero-order valence-electron chi connectivity index (χ0n) is 7.73. The molecule has 1 aliphatic rings. The van der Waals surface area contributed by atoms with Gasteiger partial charge in [-0.25, -0.2) is 0 Å². The van der Waals surface area contributed by atoms with Crippen LogP contribution in [0, 0.1) is 33.5 Å². The Hall–Kier alpha value is -2.46. The zero-order valence-corrected chi connectivity index (χ0v) is 7.73. The summed E-state index contributed by atoms with van der Waals surface area (Å²) in [5, 5.41) is 25.7. The average Bonchev–Trinajstić information content (AvgIpc) is 2.31. The molecular weight excluding hydrogens is 188 g/mol. The Kier molecular flexibility index (Phi) is 1.85. The van der Waals surface area contributed by atoms with Crippen LogP contribution in [-0.2, 0) is 0 Å². The van der Waals surface area contributed by atoms with Crippen molar-refractivity contribution in [3.63, 3.8) is 0 Å². The van der Waals surface area contributed by atoms with Gasteiger partial charge in [0.05, 0.1) is 23.5 Å². The SMILES string of the molecule is N#CC1(C#N)C=Nc2ccccc2C1=N. The van der Waals surface area contributed by atoms with Gasteiger partial charge in [0, 0.05) is 11.8 Å². The van der Waals surface area contributed by atoms with Gasteiger partial charge in [0.1, 0.15) is 0 Å². The van der Waals surface area contributed by atoms with Crippen LogP contribution in [0.15, 0.2) is 29.3 Å². The molecule has 0 atom stereocenters. The van der Waals surface area contributed by atoms with Crippen molar-refractivity contribution in [1.29, 1.82) is 15.9 Å². The van der Waals surface area contributed by atoms with E-state index in [2.05, 4.69) is 4.99 Å². The van der Waals surface area contributed by atoms with E-state index in [0.717, 1.165) is 0 Å². The summed E-state index contributed by atoms with van der Waals surface area (Å²) in [5.41, 5.74) is -0.362. The van der Waals surface area contributed by atoms with Crippen LogP contribution in [0.4, 0.5) is 5.69 Å². The fraction of sp³-hybridized carbons (Fsp3) is 0.0909. The molecular formula is C11H6N4. The molecule has 0 amide bonds. The van der Waals surface area contributed by atoms with Crippen LogP contribution in [0.1, 0.15) is 5.56 Å². The van der Waals surface area contributed by atoms with Gasteiger partial charge >= 0.3 is 0 Å². The smallest absolute Gasteiger partial charge is 0.220 e. The average molecular weight is 194 g/mol. The van der Waals surface area contributed by atoms with E-state index < -0.39 is 5.41 Å². The second kappa shape index (κ2) is 3.04. The maximum Gasteiger partial charge on any atom is 0.220 e. The molecule has 0 aliphatic carbocycles. The molecule has 1 heterocycles. The van der Waals surface area contributed by atoms with Gasteiger partial charge in [-0.05, 0) is 6.07 Å². The molecule has 1 aromatic rings. The fourth-order valence-electron chi connectivity index (χ4n) is 1.44. The molecule has 0 radical (unpaired) electrons. The number of hydrogen-bond donors (Lipinski definition) is 1. The number of aliphatic imine (C=N–C) groups is 1. The Morgan fingerprint density at radius 1 is 1.20 bits per heavy atom. The number of rotatable bonds is 0. The summed E-state index contributed by atoms with van der Waals surface area (Å²) in [6.07, 6.45) is 1.23. The fourth-order valence-corrected chi connectivity index (χ4v) is 1.44. The summed E-state index contributed by atoms with van der Waals surface area (Å²) in [5.74, 6) is 0. The van der Waals surface area contributed by atoms with Crippen LogP contribution in [0.5, 0.6) is 0 Å². The van der Waals surface area contributed by atoms with Gasteiger partial charge in [-0.15, -0.1) is 0 Å². The Balaban J connectivity index is 2.67. The lowest BCUT2D eigenvalue weighted by Crippen LogP contribution is -2.32. The second-order valence-corrected chi connectivity index (χ2v) is 3.18. The maximum atomic E-state index is 8.93. The van der Waals surface area contributed by atoms with Gasteiger partial charge in [0.2, 0.25) is 5.41 Å². The number of nitrogens with one attached hydrogen (secondary N) is 1. The molecule has 0 unspecified atom stereocenters. The largest absolute Gasteiger partial charge is 0.301 e. The third kappa shape index (κ3) is 1.13. The van der Waals surface area contributed by atoms with E-state index in [1.165, 1.54) is 6.21 Å². The van der Waals surface area contributed by atoms with Crippen LogP contribution < -0.4 is 0 Å². The first kappa shape index (κ1) is 9.11. The van der Waals surface area contributed by atoms with E-state index in [1.807, 2.05) is 12.1 Å². The molecule has 0 bridgehead atoms. The first-order valence-corrected chi connectivity index (χ1v) is 4.30. The molecule has 4 heteroatoms. The Labute approximate surface area is 86.6 Å². The van der Waals surface area contributed by atoms with Crippen LogP contribution in [0.3, 0.4) is 0 Å². The highest BCUT2D eigenvalue weighted by atomic mass is 14.8. The van der Waals surface area contributed by atoms with E-state index in [-0.39, 0.29) is 5.71 Å². The van der Waals surface area contributed by atoms with E-state index in [9.17, 15) is 0 Å². The van der Waals surface area contributed by atoms with Crippen molar-refractivity contribution in [1.82, 2.24) is 0 Å². The summed E-state index contributed by atoms with van der Waals surface area (Å²) in [6.45, 7) is 0. The summed E-state index contributed by atoms with van der Waals surface area (Å²) < 4.78 is 0. The summed E-state index contributed by atoms with van der Waals surface area (Å²) >= 11 is 0. The Morgan fingerprint density at radius 3 is 2.53 bits per heavy atom. The van der Waals surface area contributed by atoms with E-state index >= 15 is 0 Å². The zero-order chi connectivity index (χ0) is 10.9. The summed E-state index contributed by atoms with van der Waals surface area (Å²) in [6, 6.07) is 10.6. The highest BCUT2D eigenvalue weighted by molar-refractivity contribution is 6.20. The first-order chi connectivity index (χ1) is 7.23. The number of benzene rings is 1. The lowest BCUT2D eigenvalue weighted by molar-refractivity contribution is 0.974. The molecule has 15 heavy (non-hydrogen) atoms. The van der Waals surface area contributed by atoms with Gasteiger partial charge in [-0.1, -0.05) is 18.2 Å². The van der Waals surface area contributed by atoms with Crippen LogP contribution in [0.2, 0.25) is 0 Å². The second-order valence-electron chi connectivity index (χ2n) is 3.18. The molecule has 1 aromatic carbocycles. The van der Waals surface area contributed by atoms with Gasteiger partial charge in [0.25, 0.3) is 0 Å². The predicted molar refractivity (Wildman–Crippen MR) is 55.1 cm³/mol. The monoisotopic (exact) mass is 194 g/mol. The minimum Gasteiger partial charge on any atom is -0.301 e. The van der Waals surface area contributed by atoms with Crippen molar-refractivity contribution < 1.29 is 0 Å². The van der Waals surface area contributed by atoms with Crippen molar-refractivity contribution in [3.8, 4) is 12.1 Å². The van der Waals surface area contributed by atoms with Gasteiger partial charge < -0.3 is 5.41 Å². The van der Waals surface area contributed by atoms with Crippen molar-refractivity contribution >= 4 is 17.6 Å². The number of nitriles is 2. The molecule has 1 aliphatic heterocycles. The third-order valence-corrected chi connectivity index (χ3v) is 2.32. The van der Waals surface area contributed by atoms with E-state index in [0.29, 0.717) is 11.3 Å². The van der Waals surface area contributed by atoms with Gasteiger partial charge in [-0.3, -0.25) is 4.99 Å². The molecule has 0 spiro atoms. The number of hydrogen-bond acceptors (Lipinski definition) is 4. The molecule has 70 valence electrons. The van der Waals surface area contributed by atoms with Crippen LogP contribution in [-0.4, -0.2) is 11.9 Å². The lowest BCUT2D eigenvalue weighted by Gasteiger charge is -2.20. The third-order valence-electron chi connectivity index (χ3n) is 2.32. The van der Waals surface area contributed by atoms with E-state index in [4.69, 9.17) is 15.9 Å². The Morgan fingerprint density at radius 2 is 1.87 bits per heavy atom. The standard InChI is InChI=1S/C11H6N4/c12-5-11(6-13)7-15-9-4-2-1-3-8(9)10(11)14/h1-4,7,14H. The molecule has 0 aromatic heterocycles. The van der Waals surface area contributed by atoms with Crippen LogP contribution >= 0.6 is 0 Å². The molecule has 2 rings (SSSR count). The van der Waals surface area contributed by atoms with Crippen molar-refractivity contribution in [2.24, 2.45) is 10.4 Å². The minimum atomic E-state index is -1.53. The quantitative estimate of drug-likeness (QED) is 0.682. The number of nitrogens with zero attached hydrogens (tertiary/aromatic N) is 3. The first-order valence-electron chi connectivity index (χ1n) is 4.30. The van der Waals surface area contributed by atoms with Crippen molar-refractivity contribution in [3.05, 3.63) is 29.8 Å². The van der Waals surface area contributed by atoms with E-state index in [1.54, 1.807) is 24.3 Å². The molecule has 1 N–H and O–H groups in total. The molecule has 0 saturated carbocycles. The van der Waals surface area contributed by atoms with Gasteiger partial charge in [0.15, 0.2) is 0 Å².